The number of rotatable bonds is 6. The molecule has 0 N–H and O–H groups in total. The van der Waals surface area contributed by atoms with Crippen molar-refractivity contribution in [2.75, 3.05) is 13.2 Å². The molecule has 0 saturated carbocycles. The van der Waals surface area contributed by atoms with Gasteiger partial charge in [0.25, 0.3) is 0 Å². The monoisotopic (exact) mass is 260 g/mol. The normalized spacial score (nSPS) is 17.6. The van der Waals surface area contributed by atoms with Crippen LogP contribution >= 0.6 is 0 Å². The lowest BCUT2D eigenvalue weighted by molar-refractivity contribution is -0.180. The molecule has 0 aromatic heterocycles. The van der Waals surface area contributed by atoms with Gasteiger partial charge in [0, 0.05) is 6.42 Å². The fourth-order valence-electron chi connectivity index (χ4n) is 2.28. The number of allylic oxidation sites excluding steroid dienone is 2. The van der Waals surface area contributed by atoms with Crippen molar-refractivity contribution in [2.24, 2.45) is 0 Å². The fourth-order valence-corrected chi connectivity index (χ4v) is 2.28. The highest BCUT2D eigenvalue weighted by Crippen LogP contribution is 2.15. The van der Waals surface area contributed by atoms with Gasteiger partial charge in [0.1, 0.15) is 0 Å². The molecule has 1 aromatic carbocycles. The van der Waals surface area contributed by atoms with Gasteiger partial charge in [-0.2, -0.15) is 0 Å². The quantitative estimate of drug-likeness (QED) is 0.717. The van der Waals surface area contributed by atoms with Crippen molar-refractivity contribution in [3.63, 3.8) is 0 Å². The molecular weight excluding hydrogens is 236 g/mol. The maximum atomic E-state index is 5.55. The average molecular weight is 260 g/mol. The lowest BCUT2D eigenvalue weighted by atomic mass is 10.1. The van der Waals surface area contributed by atoms with Crippen LogP contribution < -0.4 is 0 Å². The molecule has 1 aliphatic heterocycles. The number of benzene rings is 1. The van der Waals surface area contributed by atoms with Crippen molar-refractivity contribution < 1.29 is 9.47 Å². The van der Waals surface area contributed by atoms with Gasteiger partial charge in [-0.25, -0.2) is 0 Å². The summed E-state index contributed by atoms with van der Waals surface area (Å²) >= 11 is 0. The largest absolute Gasteiger partial charge is 0.353 e. The van der Waals surface area contributed by atoms with Crippen LogP contribution in [0.5, 0.6) is 0 Å². The van der Waals surface area contributed by atoms with Crippen molar-refractivity contribution in [1.82, 2.24) is 0 Å². The molecule has 104 valence electrons. The van der Waals surface area contributed by atoms with E-state index in [9.17, 15) is 0 Å². The van der Waals surface area contributed by atoms with Crippen LogP contribution in [-0.2, 0) is 15.9 Å². The summed E-state index contributed by atoms with van der Waals surface area (Å²) in [5, 5.41) is 0. The third kappa shape index (κ3) is 5.58. The molecule has 0 aliphatic carbocycles. The molecule has 0 radical (unpaired) electrons. The molecule has 0 amide bonds. The number of hydrogen-bond acceptors (Lipinski definition) is 2. The van der Waals surface area contributed by atoms with Crippen molar-refractivity contribution in [3.8, 4) is 0 Å². The number of ether oxygens (including phenoxy) is 2. The summed E-state index contributed by atoms with van der Waals surface area (Å²) < 4.78 is 11.1. The third-order valence-electron chi connectivity index (χ3n) is 3.44. The molecular formula is C17H24O2. The van der Waals surface area contributed by atoms with E-state index in [2.05, 4.69) is 43.3 Å². The van der Waals surface area contributed by atoms with Crippen LogP contribution in [0.25, 0.3) is 0 Å². The first-order valence-corrected chi connectivity index (χ1v) is 7.27. The number of aryl methyl sites for hydroxylation is 1. The Balaban J connectivity index is 1.64. The summed E-state index contributed by atoms with van der Waals surface area (Å²) in [5.41, 5.74) is 2.85. The minimum absolute atomic E-state index is 0.0197. The zero-order chi connectivity index (χ0) is 13.3. The van der Waals surface area contributed by atoms with Crippen LogP contribution in [-0.4, -0.2) is 19.5 Å². The minimum atomic E-state index is 0.0197. The van der Waals surface area contributed by atoms with Gasteiger partial charge in [0.2, 0.25) is 0 Å². The lowest BCUT2D eigenvalue weighted by Crippen LogP contribution is -2.24. The van der Waals surface area contributed by atoms with E-state index in [0.29, 0.717) is 0 Å². The molecule has 1 saturated heterocycles. The van der Waals surface area contributed by atoms with E-state index in [1.165, 1.54) is 11.1 Å². The molecule has 2 rings (SSSR count). The van der Waals surface area contributed by atoms with Gasteiger partial charge in [0.15, 0.2) is 6.29 Å². The Morgan fingerprint density at radius 2 is 1.95 bits per heavy atom. The van der Waals surface area contributed by atoms with Crippen molar-refractivity contribution in [3.05, 3.63) is 47.5 Å². The molecule has 0 unspecified atom stereocenters. The molecule has 0 spiro atoms. The standard InChI is InChI=1S/C17H24O2/c1-15(11-12-17-18-13-6-14-19-17)7-5-10-16-8-3-2-4-9-16/h2-4,7-9,17H,5-6,10-14H2,1H3/b15-7+. The number of hydrogen-bond donors (Lipinski definition) is 0. The summed E-state index contributed by atoms with van der Waals surface area (Å²) in [4.78, 5) is 0. The van der Waals surface area contributed by atoms with Gasteiger partial charge in [-0.15, -0.1) is 0 Å². The minimum Gasteiger partial charge on any atom is -0.353 e. The molecule has 1 aliphatic rings. The second-order valence-electron chi connectivity index (χ2n) is 5.14. The van der Waals surface area contributed by atoms with Crippen LogP contribution in [0, 0.1) is 0 Å². The molecule has 2 heteroatoms. The molecule has 2 nitrogen and oxygen atoms in total. The van der Waals surface area contributed by atoms with E-state index in [4.69, 9.17) is 9.47 Å². The van der Waals surface area contributed by atoms with Gasteiger partial charge in [-0.05, 0) is 38.2 Å². The van der Waals surface area contributed by atoms with Gasteiger partial charge in [-0.1, -0.05) is 42.0 Å². The summed E-state index contributed by atoms with van der Waals surface area (Å²) in [7, 11) is 0. The van der Waals surface area contributed by atoms with E-state index in [0.717, 1.165) is 45.3 Å². The van der Waals surface area contributed by atoms with E-state index >= 15 is 0 Å². The first-order chi connectivity index (χ1) is 9.34. The van der Waals surface area contributed by atoms with E-state index < -0.39 is 0 Å². The Morgan fingerprint density at radius 3 is 2.68 bits per heavy atom. The fraction of sp³-hybridized carbons (Fsp3) is 0.529. The zero-order valence-corrected chi connectivity index (χ0v) is 11.8. The van der Waals surface area contributed by atoms with Gasteiger partial charge in [0.05, 0.1) is 13.2 Å². The second kappa shape index (κ2) is 8.13. The zero-order valence-electron chi connectivity index (χ0n) is 11.8. The van der Waals surface area contributed by atoms with Crippen LogP contribution in [0.2, 0.25) is 0 Å². The topological polar surface area (TPSA) is 18.5 Å². The second-order valence-corrected chi connectivity index (χ2v) is 5.14. The van der Waals surface area contributed by atoms with Crippen LogP contribution in [0.15, 0.2) is 42.0 Å². The van der Waals surface area contributed by atoms with E-state index in [1.54, 1.807) is 0 Å². The smallest absolute Gasteiger partial charge is 0.157 e. The highest BCUT2D eigenvalue weighted by molar-refractivity contribution is 5.15. The third-order valence-corrected chi connectivity index (χ3v) is 3.44. The molecule has 1 heterocycles. The summed E-state index contributed by atoms with van der Waals surface area (Å²) in [6.45, 7) is 3.90. The van der Waals surface area contributed by atoms with E-state index in [-0.39, 0.29) is 6.29 Å². The Morgan fingerprint density at radius 1 is 1.21 bits per heavy atom. The van der Waals surface area contributed by atoms with Crippen LogP contribution in [0.4, 0.5) is 0 Å². The summed E-state index contributed by atoms with van der Waals surface area (Å²) in [6.07, 6.45) is 7.67. The maximum Gasteiger partial charge on any atom is 0.157 e. The average Bonchev–Trinajstić information content (AvgIpc) is 2.47. The lowest BCUT2D eigenvalue weighted by Gasteiger charge is -2.23. The van der Waals surface area contributed by atoms with Gasteiger partial charge >= 0.3 is 0 Å². The predicted molar refractivity (Wildman–Crippen MR) is 78.1 cm³/mol. The summed E-state index contributed by atoms with van der Waals surface area (Å²) in [6, 6.07) is 10.6. The Kier molecular flexibility index (Phi) is 6.12. The van der Waals surface area contributed by atoms with Crippen molar-refractivity contribution in [1.29, 1.82) is 0 Å². The maximum absolute atomic E-state index is 5.55. The molecule has 1 aromatic rings. The Hall–Kier alpha value is -1.12. The van der Waals surface area contributed by atoms with Crippen molar-refractivity contribution >= 4 is 0 Å². The molecule has 1 fully saturated rings. The van der Waals surface area contributed by atoms with Crippen LogP contribution in [0.3, 0.4) is 0 Å². The molecule has 19 heavy (non-hydrogen) atoms. The van der Waals surface area contributed by atoms with E-state index in [1.807, 2.05) is 0 Å². The van der Waals surface area contributed by atoms with Crippen molar-refractivity contribution in [2.45, 2.75) is 45.3 Å². The first kappa shape index (κ1) is 14.3. The Labute approximate surface area is 116 Å². The SMILES string of the molecule is C/C(=C\CCc1ccccc1)CCC1OCCCO1. The van der Waals surface area contributed by atoms with Gasteiger partial charge < -0.3 is 9.47 Å². The summed E-state index contributed by atoms with van der Waals surface area (Å²) in [5.74, 6) is 0. The highest BCUT2D eigenvalue weighted by Gasteiger charge is 2.13. The molecule has 0 bridgehead atoms. The molecule has 0 atom stereocenters. The predicted octanol–water partition coefficient (Wildman–Crippen LogP) is 4.11. The van der Waals surface area contributed by atoms with Gasteiger partial charge in [-0.3, -0.25) is 0 Å². The first-order valence-electron chi connectivity index (χ1n) is 7.27. The Bertz CT molecular complexity index is 378. The van der Waals surface area contributed by atoms with Crippen LogP contribution in [0.1, 0.15) is 38.2 Å². The highest BCUT2D eigenvalue weighted by atomic mass is 16.7.